The molecule has 2 aromatic heterocycles. The van der Waals surface area contributed by atoms with Crippen LogP contribution in [0.25, 0.3) is 0 Å². The number of anilines is 1. The standard InChI is InChI=1S/C11H11BrN2OS/c1-15-9-2-3-13-11(5-9)14-6-8-4-10(12)16-7-8/h2-5,7H,6H2,1H3,(H,13,14). The zero-order valence-electron chi connectivity index (χ0n) is 8.74. The van der Waals surface area contributed by atoms with E-state index in [4.69, 9.17) is 4.74 Å². The number of nitrogens with one attached hydrogen (secondary N) is 1. The fourth-order valence-corrected chi connectivity index (χ4v) is 2.48. The monoisotopic (exact) mass is 298 g/mol. The van der Waals surface area contributed by atoms with Gasteiger partial charge >= 0.3 is 0 Å². The number of hydrogen-bond acceptors (Lipinski definition) is 4. The summed E-state index contributed by atoms with van der Waals surface area (Å²) in [4.78, 5) is 4.21. The molecule has 84 valence electrons. The summed E-state index contributed by atoms with van der Waals surface area (Å²) < 4.78 is 6.27. The van der Waals surface area contributed by atoms with Crippen molar-refractivity contribution in [3.05, 3.63) is 39.1 Å². The van der Waals surface area contributed by atoms with E-state index in [2.05, 4.69) is 37.7 Å². The van der Waals surface area contributed by atoms with Gasteiger partial charge in [-0.15, -0.1) is 11.3 Å². The number of methoxy groups -OCH3 is 1. The SMILES string of the molecule is COc1ccnc(NCc2csc(Br)c2)c1. The average Bonchev–Trinajstić information content (AvgIpc) is 2.73. The van der Waals surface area contributed by atoms with E-state index in [1.165, 1.54) is 5.56 Å². The van der Waals surface area contributed by atoms with Crippen LogP contribution >= 0.6 is 27.3 Å². The minimum Gasteiger partial charge on any atom is -0.497 e. The van der Waals surface area contributed by atoms with Crippen molar-refractivity contribution in [3.8, 4) is 5.75 Å². The van der Waals surface area contributed by atoms with Crippen LogP contribution in [0.1, 0.15) is 5.56 Å². The summed E-state index contributed by atoms with van der Waals surface area (Å²) in [5, 5.41) is 5.35. The summed E-state index contributed by atoms with van der Waals surface area (Å²) in [6.45, 7) is 0.766. The van der Waals surface area contributed by atoms with Crippen molar-refractivity contribution in [1.82, 2.24) is 4.98 Å². The molecule has 0 aliphatic carbocycles. The van der Waals surface area contributed by atoms with E-state index in [0.717, 1.165) is 21.9 Å². The van der Waals surface area contributed by atoms with Gasteiger partial charge in [-0.2, -0.15) is 0 Å². The summed E-state index contributed by atoms with van der Waals surface area (Å²) in [6, 6.07) is 5.80. The zero-order chi connectivity index (χ0) is 11.4. The highest BCUT2D eigenvalue weighted by atomic mass is 79.9. The van der Waals surface area contributed by atoms with E-state index in [-0.39, 0.29) is 0 Å². The van der Waals surface area contributed by atoms with E-state index in [0.29, 0.717) is 0 Å². The van der Waals surface area contributed by atoms with Gasteiger partial charge in [0.15, 0.2) is 0 Å². The first-order chi connectivity index (χ1) is 7.78. The molecule has 2 rings (SSSR count). The van der Waals surface area contributed by atoms with Crippen molar-refractivity contribution in [2.75, 3.05) is 12.4 Å². The molecule has 3 nitrogen and oxygen atoms in total. The van der Waals surface area contributed by atoms with Crippen LogP contribution in [0.4, 0.5) is 5.82 Å². The van der Waals surface area contributed by atoms with E-state index >= 15 is 0 Å². The van der Waals surface area contributed by atoms with E-state index < -0.39 is 0 Å². The Morgan fingerprint density at radius 3 is 3.06 bits per heavy atom. The Balaban J connectivity index is 1.99. The van der Waals surface area contributed by atoms with Gasteiger partial charge in [-0.25, -0.2) is 4.98 Å². The summed E-state index contributed by atoms with van der Waals surface area (Å²) in [7, 11) is 1.65. The molecule has 5 heteroatoms. The molecule has 0 saturated heterocycles. The number of thiophene rings is 1. The first-order valence-corrected chi connectivity index (χ1v) is 6.42. The maximum Gasteiger partial charge on any atom is 0.129 e. The number of ether oxygens (including phenoxy) is 1. The van der Waals surface area contributed by atoms with Gasteiger partial charge in [0.1, 0.15) is 11.6 Å². The summed E-state index contributed by atoms with van der Waals surface area (Å²) in [5.74, 6) is 1.63. The third-order valence-electron chi connectivity index (χ3n) is 2.06. The fraction of sp³-hybridized carbons (Fsp3) is 0.182. The number of aromatic nitrogens is 1. The first-order valence-electron chi connectivity index (χ1n) is 4.75. The highest BCUT2D eigenvalue weighted by Crippen LogP contribution is 2.21. The van der Waals surface area contributed by atoms with Gasteiger partial charge in [-0.3, -0.25) is 0 Å². The second kappa shape index (κ2) is 5.32. The molecule has 0 radical (unpaired) electrons. The lowest BCUT2D eigenvalue weighted by atomic mass is 10.3. The summed E-state index contributed by atoms with van der Waals surface area (Å²) in [5.41, 5.74) is 1.24. The predicted molar refractivity (Wildman–Crippen MR) is 70.1 cm³/mol. The molecule has 1 N–H and O–H groups in total. The second-order valence-corrected chi connectivity index (χ2v) is 5.48. The van der Waals surface area contributed by atoms with Crippen molar-refractivity contribution < 1.29 is 4.74 Å². The Kier molecular flexibility index (Phi) is 3.79. The highest BCUT2D eigenvalue weighted by Gasteiger charge is 1.99. The Labute approximate surface area is 107 Å². The highest BCUT2D eigenvalue weighted by molar-refractivity contribution is 9.11. The van der Waals surface area contributed by atoms with E-state index in [1.807, 2.05) is 12.1 Å². The van der Waals surface area contributed by atoms with Gasteiger partial charge in [0.2, 0.25) is 0 Å². The molecule has 0 unspecified atom stereocenters. The van der Waals surface area contributed by atoms with Crippen LogP contribution in [-0.4, -0.2) is 12.1 Å². The fourth-order valence-electron chi connectivity index (χ4n) is 1.27. The lowest BCUT2D eigenvalue weighted by Gasteiger charge is -2.05. The summed E-state index contributed by atoms with van der Waals surface area (Å²) in [6.07, 6.45) is 1.73. The molecule has 2 heterocycles. The van der Waals surface area contributed by atoms with Crippen LogP contribution < -0.4 is 10.1 Å². The normalized spacial score (nSPS) is 10.1. The number of rotatable bonds is 4. The minimum atomic E-state index is 0.766. The molecule has 0 aliphatic heterocycles. The molecule has 0 saturated carbocycles. The maximum atomic E-state index is 5.13. The van der Waals surface area contributed by atoms with Gasteiger partial charge in [0.25, 0.3) is 0 Å². The average molecular weight is 299 g/mol. The molecule has 0 spiro atoms. The van der Waals surface area contributed by atoms with Crippen LogP contribution in [0.2, 0.25) is 0 Å². The van der Waals surface area contributed by atoms with Gasteiger partial charge in [-0.1, -0.05) is 0 Å². The van der Waals surface area contributed by atoms with Gasteiger partial charge in [0, 0.05) is 18.8 Å². The van der Waals surface area contributed by atoms with Crippen molar-refractivity contribution in [2.24, 2.45) is 0 Å². The Morgan fingerprint density at radius 2 is 2.38 bits per heavy atom. The predicted octanol–water partition coefficient (Wildman–Crippen LogP) is 3.53. The molecule has 2 aromatic rings. The minimum absolute atomic E-state index is 0.766. The molecule has 0 fully saturated rings. The summed E-state index contributed by atoms with van der Waals surface area (Å²) >= 11 is 5.12. The van der Waals surface area contributed by atoms with E-state index in [9.17, 15) is 0 Å². The van der Waals surface area contributed by atoms with Crippen molar-refractivity contribution in [2.45, 2.75) is 6.54 Å². The van der Waals surface area contributed by atoms with Crippen molar-refractivity contribution >= 4 is 33.1 Å². The second-order valence-electron chi connectivity index (χ2n) is 3.19. The quantitative estimate of drug-likeness (QED) is 0.938. The van der Waals surface area contributed by atoms with Crippen LogP contribution in [0.5, 0.6) is 5.75 Å². The zero-order valence-corrected chi connectivity index (χ0v) is 11.1. The number of hydrogen-bond donors (Lipinski definition) is 1. The third kappa shape index (κ3) is 2.96. The molecular weight excluding hydrogens is 288 g/mol. The lowest BCUT2D eigenvalue weighted by molar-refractivity contribution is 0.414. The van der Waals surface area contributed by atoms with Crippen LogP contribution in [0, 0.1) is 0 Å². The van der Waals surface area contributed by atoms with Gasteiger partial charge in [0.05, 0.1) is 10.9 Å². The molecule has 0 bridgehead atoms. The Bertz CT molecular complexity index is 473. The number of pyridine rings is 1. The molecule has 0 aliphatic rings. The van der Waals surface area contributed by atoms with Crippen LogP contribution in [0.15, 0.2) is 33.6 Å². The molecule has 0 aromatic carbocycles. The maximum absolute atomic E-state index is 5.13. The molecule has 0 atom stereocenters. The van der Waals surface area contributed by atoms with E-state index in [1.54, 1.807) is 24.6 Å². The lowest BCUT2D eigenvalue weighted by Crippen LogP contribution is -2.00. The Hall–Kier alpha value is -1.07. The molecular formula is C11H11BrN2OS. The Morgan fingerprint density at radius 1 is 1.50 bits per heavy atom. The third-order valence-corrected chi connectivity index (χ3v) is 3.62. The van der Waals surface area contributed by atoms with Gasteiger partial charge in [-0.05, 0) is 39.0 Å². The van der Waals surface area contributed by atoms with Crippen molar-refractivity contribution in [3.63, 3.8) is 0 Å². The number of halogens is 1. The van der Waals surface area contributed by atoms with Crippen molar-refractivity contribution in [1.29, 1.82) is 0 Å². The largest absolute Gasteiger partial charge is 0.497 e. The van der Waals surface area contributed by atoms with Crippen LogP contribution in [0.3, 0.4) is 0 Å². The number of nitrogens with zero attached hydrogens (tertiary/aromatic N) is 1. The molecule has 16 heavy (non-hydrogen) atoms. The van der Waals surface area contributed by atoms with Gasteiger partial charge < -0.3 is 10.1 Å². The van der Waals surface area contributed by atoms with Crippen LogP contribution in [-0.2, 0) is 6.54 Å². The smallest absolute Gasteiger partial charge is 0.129 e. The molecule has 0 amide bonds. The topological polar surface area (TPSA) is 34.1 Å². The first kappa shape index (κ1) is 11.4.